The van der Waals surface area contributed by atoms with Gasteiger partial charge in [0, 0.05) is 38.7 Å². The number of benzene rings is 6. The van der Waals surface area contributed by atoms with Gasteiger partial charge in [-0.05, 0) is 36.4 Å². The van der Waals surface area contributed by atoms with Crippen LogP contribution in [0.5, 0.6) is 0 Å². The molecule has 6 aromatic carbocycles. The van der Waals surface area contributed by atoms with Crippen molar-refractivity contribution >= 4 is 43.4 Å². The van der Waals surface area contributed by atoms with Crippen molar-refractivity contribution in [1.82, 2.24) is 19.5 Å². The summed E-state index contributed by atoms with van der Waals surface area (Å²) in [5.41, 5.74) is 10.5. The molecule has 0 fully saturated rings. The van der Waals surface area contributed by atoms with Crippen LogP contribution >= 0.6 is 11.3 Å². The smallest absolute Gasteiger partial charge is 0.160 e. The monoisotopic (exact) mass is 606 g/mol. The normalized spacial score (nSPS) is 11.5. The Morgan fingerprint density at radius 3 is 1.74 bits per heavy atom. The van der Waals surface area contributed by atoms with Gasteiger partial charge in [0.1, 0.15) is 5.01 Å². The summed E-state index contributed by atoms with van der Waals surface area (Å²) in [6, 6.07) is 54.8. The topological polar surface area (TPSA) is 43.6 Å². The second-order valence-electron chi connectivity index (χ2n) is 11.3. The van der Waals surface area contributed by atoms with Crippen LogP contribution in [0, 0.1) is 0 Å². The first-order chi connectivity index (χ1) is 22.8. The second kappa shape index (κ2) is 10.9. The van der Waals surface area contributed by atoms with Crippen LogP contribution < -0.4 is 0 Å². The summed E-state index contributed by atoms with van der Waals surface area (Å²) >= 11 is 1.75. The minimum absolute atomic E-state index is 0.713. The zero-order chi connectivity index (χ0) is 30.5. The molecular formula is C41H26N4S. The van der Waals surface area contributed by atoms with Crippen molar-refractivity contribution in [3.63, 3.8) is 0 Å². The first-order valence-electron chi connectivity index (χ1n) is 15.3. The molecule has 0 atom stereocenters. The predicted octanol–water partition coefficient (Wildman–Crippen LogP) is 10.9. The highest BCUT2D eigenvalue weighted by Crippen LogP contribution is 2.41. The van der Waals surface area contributed by atoms with Crippen molar-refractivity contribution in [2.45, 2.75) is 0 Å². The lowest BCUT2D eigenvalue weighted by atomic mass is 10.1. The molecule has 3 aromatic heterocycles. The van der Waals surface area contributed by atoms with Gasteiger partial charge in [-0.25, -0.2) is 15.0 Å². The van der Waals surface area contributed by atoms with Gasteiger partial charge >= 0.3 is 0 Å². The number of rotatable bonds is 5. The minimum Gasteiger partial charge on any atom is -0.308 e. The molecule has 4 nitrogen and oxygen atoms in total. The number of hydrogen-bond acceptors (Lipinski definition) is 4. The number of aromatic nitrogens is 4. The summed E-state index contributed by atoms with van der Waals surface area (Å²) in [6.45, 7) is 0. The highest BCUT2D eigenvalue weighted by Gasteiger charge is 2.18. The Balaban J connectivity index is 1.21. The van der Waals surface area contributed by atoms with Crippen LogP contribution in [0.3, 0.4) is 0 Å². The van der Waals surface area contributed by atoms with Crippen LogP contribution in [-0.2, 0) is 0 Å². The SMILES string of the molecule is c1ccc(-c2cc(-c3ccc(-n4c5ccccc5c5ccc6nc(-c7ccccc7)sc6c54)cc3)nc(-c3ccccc3)n2)cc1. The van der Waals surface area contributed by atoms with Gasteiger partial charge in [0.2, 0.25) is 0 Å². The molecule has 0 saturated heterocycles. The van der Waals surface area contributed by atoms with E-state index in [0.29, 0.717) is 5.82 Å². The van der Waals surface area contributed by atoms with Crippen LogP contribution in [0.1, 0.15) is 0 Å². The van der Waals surface area contributed by atoms with Gasteiger partial charge in [0.25, 0.3) is 0 Å². The molecule has 46 heavy (non-hydrogen) atoms. The molecule has 0 radical (unpaired) electrons. The summed E-state index contributed by atoms with van der Waals surface area (Å²) < 4.78 is 3.57. The maximum Gasteiger partial charge on any atom is 0.160 e. The Hall–Kier alpha value is -5.91. The first-order valence-corrected chi connectivity index (χ1v) is 16.1. The third-order valence-electron chi connectivity index (χ3n) is 8.46. The van der Waals surface area contributed by atoms with Crippen molar-refractivity contribution in [2.24, 2.45) is 0 Å². The quantitative estimate of drug-likeness (QED) is 0.196. The Bertz CT molecular complexity index is 2440. The summed E-state index contributed by atoms with van der Waals surface area (Å²) in [5, 5.41) is 3.49. The van der Waals surface area contributed by atoms with Crippen LogP contribution in [-0.4, -0.2) is 19.5 Å². The fraction of sp³-hybridized carbons (Fsp3) is 0. The number of hydrogen-bond donors (Lipinski definition) is 0. The lowest BCUT2D eigenvalue weighted by Crippen LogP contribution is -1.97. The highest BCUT2D eigenvalue weighted by atomic mass is 32.1. The lowest BCUT2D eigenvalue weighted by molar-refractivity contribution is 1.17. The van der Waals surface area contributed by atoms with Gasteiger partial charge in [-0.2, -0.15) is 0 Å². The average Bonchev–Trinajstić information content (AvgIpc) is 3.73. The molecule has 0 unspecified atom stereocenters. The van der Waals surface area contributed by atoms with E-state index in [1.165, 1.54) is 26.5 Å². The summed E-state index contributed by atoms with van der Waals surface area (Å²) in [4.78, 5) is 15.0. The fourth-order valence-electron chi connectivity index (χ4n) is 6.26. The minimum atomic E-state index is 0.713. The molecule has 0 aliphatic carbocycles. The van der Waals surface area contributed by atoms with Crippen molar-refractivity contribution in [3.05, 3.63) is 158 Å². The number of nitrogens with zero attached hydrogens (tertiary/aromatic N) is 4. The van der Waals surface area contributed by atoms with Gasteiger partial charge in [-0.15, -0.1) is 11.3 Å². The molecule has 9 aromatic rings. The van der Waals surface area contributed by atoms with Crippen molar-refractivity contribution in [1.29, 1.82) is 0 Å². The summed E-state index contributed by atoms with van der Waals surface area (Å²) in [7, 11) is 0. The molecule has 0 amide bonds. The van der Waals surface area contributed by atoms with Crippen LogP contribution in [0.25, 0.3) is 82.2 Å². The van der Waals surface area contributed by atoms with Gasteiger partial charge in [-0.1, -0.05) is 121 Å². The standard InChI is InChI=1S/C41H26N4S/c1-4-12-27(13-5-1)35-26-36(43-40(42-35)29-14-6-2-7-15-29)28-20-22-31(23-21-28)45-37-19-11-10-18-32(37)33-24-25-34-39(38(33)45)46-41(44-34)30-16-8-3-9-17-30/h1-26H. The van der Waals surface area contributed by atoms with E-state index in [9.17, 15) is 0 Å². The predicted molar refractivity (Wildman–Crippen MR) is 191 cm³/mol. The van der Waals surface area contributed by atoms with Gasteiger partial charge < -0.3 is 4.57 Å². The maximum atomic E-state index is 5.05. The average molecular weight is 607 g/mol. The summed E-state index contributed by atoms with van der Waals surface area (Å²) in [5.74, 6) is 0.713. The van der Waals surface area contributed by atoms with Gasteiger partial charge in [0.05, 0.1) is 32.6 Å². The van der Waals surface area contributed by atoms with E-state index in [4.69, 9.17) is 15.0 Å². The van der Waals surface area contributed by atoms with E-state index in [2.05, 4.69) is 120 Å². The fourth-order valence-corrected chi connectivity index (χ4v) is 7.36. The molecule has 0 N–H and O–H groups in total. The van der Waals surface area contributed by atoms with Crippen LogP contribution in [0.4, 0.5) is 0 Å². The van der Waals surface area contributed by atoms with E-state index in [-0.39, 0.29) is 0 Å². The van der Waals surface area contributed by atoms with E-state index in [0.717, 1.165) is 49.9 Å². The maximum absolute atomic E-state index is 5.05. The first kappa shape index (κ1) is 26.5. The van der Waals surface area contributed by atoms with E-state index in [1.807, 2.05) is 42.5 Å². The summed E-state index contributed by atoms with van der Waals surface area (Å²) in [6.07, 6.45) is 0. The van der Waals surface area contributed by atoms with Crippen molar-refractivity contribution < 1.29 is 0 Å². The number of fused-ring (bicyclic) bond motifs is 5. The molecule has 5 heteroatoms. The zero-order valence-corrected chi connectivity index (χ0v) is 25.5. The Labute approximate surface area is 269 Å². The lowest BCUT2D eigenvalue weighted by Gasteiger charge is -2.11. The largest absolute Gasteiger partial charge is 0.308 e. The molecule has 0 spiro atoms. The number of thiazole rings is 1. The Kier molecular flexibility index (Phi) is 6.28. The molecular weight excluding hydrogens is 581 g/mol. The molecule has 216 valence electrons. The molecule has 3 heterocycles. The molecule has 0 aliphatic heterocycles. The Morgan fingerprint density at radius 2 is 1.04 bits per heavy atom. The molecule has 0 saturated carbocycles. The van der Waals surface area contributed by atoms with Crippen LogP contribution in [0.15, 0.2) is 158 Å². The van der Waals surface area contributed by atoms with Crippen LogP contribution in [0.2, 0.25) is 0 Å². The third kappa shape index (κ3) is 4.48. The second-order valence-corrected chi connectivity index (χ2v) is 12.3. The van der Waals surface area contributed by atoms with E-state index < -0.39 is 0 Å². The third-order valence-corrected chi connectivity index (χ3v) is 9.59. The van der Waals surface area contributed by atoms with Gasteiger partial charge in [-0.3, -0.25) is 0 Å². The molecule has 0 bridgehead atoms. The van der Waals surface area contributed by atoms with E-state index in [1.54, 1.807) is 11.3 Å². The zero-order valence-electron chi connectivity index (χ0n) is 24.7. The van der Waals surface area contributed by atoms with E-state index >= 15 is 0 Å². The Morgan fingerprint density at radius 1 is 0.457 bits per heavy atom. The van der Waals surface area contributed by atoms with Crippen molar-refractivity contribution in [2.75, 3.05) is 0 Å². The highest BCUT2D eigenvalue weighted by molar-refractivity contribution is 7.22. The number of para-hydroxylation sites is 1. The van der Waals surface area contributed by atoms with Gasteiger partial charge in [0.15, 0.2) is 5.82 Å². The molecule has 0 aliphatic rings. The molecule has 9 rings (SSSR count). The van der Waals surface area contributed by atoms with Crippen molar-refractivity contribution in [3.8, 4) is 50.2 Å².